The van der Waals surface area contributed by atoms with Crippen LogP contribution in [0.3, 0.4) is 0 Å². The second-order valence-corrected chi connectivity index (χ2v) is 3.39. The predicted molar refractivity (Wildman–Crippen MR) is 54.1 cm³/mol. The average Bonchev–Trinajstić information content (AvgIpc) is 2.47. The van der Waals surface area contributed by atoms with Crippen molar-refractivity contribution < 1.29 is 0 Å². The summed E-state index contributed by atoms with van der Waals surface area (Å²) in [5, 5.41) is 0.418. The fourth-order valence-corrected chi connectivity index (χ4v) is 1.24. The van der Waals surface area contributed by atoms with Crippen LogP contribution in [-0.2, 0) is 0 Å². The molecule has 0 aromatic carbocycles. The summed E-state index contributed by atoms with van der Waals surface area (Å²) in [5.74, 6) is 1.18. The Labute approximate surface area is 86.4 Å². The Hall–Kier alpha value is -1.42. The first-order chi connectivity index (χ1) is 6.66. The monoisotopic (exact) mass is 208 g/mol. The summed E-state index contributed by atoms with van der Waals surface area (Å²) < 4.78 is 0. The van der Waals surface area contributed by atoms with Gasteiger partial charge in [-0.05, 0) is 19.9 Å². The van der Waals surface area contributed by atoms with E-state index in [1.807, 2.05) is 13.8 Å². The van der Waals surface area contributed by atoms with Crippen LogP contribution in [0.4, 0.5) is 0 Å². The van der Waals surface area contributed by atoms with Gasteiger partial charge in [0.05, 0.1) is 5.69 Å². The Morgan fingerprint density at radius 3 is 2.64 bits per heavy atom. The van der Waals surface area contributed by atoms with E-state index in [1.54, 1.807) is 12.3 Å². The zero-order valence-corrected chi connectivity index (χ0v) is 8.63. The number of aromatic amines is 1. The minimum Gasteiger partial charge on any atom is -0.339 e. The molecule has 0 saturated heterocycles. The molecule has 5 heteroatoms. The van der Waals surface area contributed by atoms with Crippen molar-refractivity contribution in [1.82, 2.24) is 19.9 Å². The lowest BCUT2D eigenvalue weighted by molar-refractivity contribution is 1.11. The largest absolute Gasteiger partial charge is 0.339 e. The maximum absolute atomic E-state index is 5.75. The maximum Gasteiger partial charge on any atom is 0.197 e. The van der Waals surface area contributed by atoms with Gasteiger partial charge in [-0.15, -0.1) is 0 Å². The quantitative estimate of drug-likeness (QED) is 0.731. The molecule has 1 N–H and O–H groups in total. The van der Waals surface area contributed by atoms with Gasteiger partial charge >= 0.3 is 0 Å². The third-order valence-electron chi connectivity index (χ3n) is 1.96. The summed E-state index contributed by atoms with van der Waals surface area (Å²) in [6, 6.07) is 1.63. The maximum atomic E-state index is 5.75. The standard InChI is InChI=1S/C9H9ClN4/c1-5-6(2)13-9(12-5)8-11-4-3-7(10)14-8/h3-4H,1-2H3,(H,12,13). The van der Waals surface area contributed by atoms with Gasteiger partial charge in [0.1, 0.15) is 5.15 Å². The molecule has 2 rings (SSSR count). The fourth-order valence-electron chi connectivity index (χ4n) is 1.10. The SMILES string of the molecule is Cc1nc(-c2nccc(Cl)n2)[nH]c1C. The predicted octanol–water partition coefficient (Wildman–Crippen LogP) is 2.14. The van der Waals surface area contributed by atoms with E-state index in [0.29, 0.717) is 16.8 Å². The number of imidazole rings is 1. The number of nitrogens with one attached hydrogen (secondary N) is 1. The molecule has 72 valence electrons. The lowest BCUT2D eigenvalue weighted by Crippen LogP contribution is -1.90. The van der Waals surface area contributed by atoms with Crippen LogP contribution >= 0.6 is 11.6 Å². The molecule has 0 atom stereocenters. The fraction of sp³-hybridized carbons (Fsp3) is 0.222. The lowest BCUT2D eigenvalue weighted by atomic mass is 10.4. The highest BCUT2D eigenvalue weighted by molar-refractivity contribution is 6.29. The number of rotatable bonds is 1. The second kappa shape index (κ2) is 3.38. The molecular weight excluding hydrogens is 200 g/mol. The number of nitrogens with zero attached hydrogens (tertiary/aromatic N) is 3. The zero-order chi connectivity index (χ0) is 10.1. The first-order valence-corrected chi connectivity index (χ1v) is 4.57. The molecular formula is C9H9ClN4. The van der Waals surface area contributed by atoms with E-state index in [4.69, 9.17) is 11.6 Å². The van der Waals surface area contributed by atoms with E-state index in [9.17, 15) is 0 Å². The normalized spacial score (nSPS) is 10.5. The van der Waals surface area contributed by atoms with Gasteiger partial charge in [0.25, 0.3) is 0 Å². The van der Waals surface area contributed by atoms with Gasteiger partial charge in [0.2, 0.25) is 0 Å². The first-order valence-electron chi connectivity index (χ1n) is 4.19. The molecule has 0 aliphatic carbocycles. The van der Waals surface area contributed by atoms with Crippen LogP contribution in [0.2, 0.25) is 5.15 Å². The molecule has 0 aliphatic rings. The molecule has 0 bridgehead atoms. The molecule has 2 aromatic rings. The molecule has 0 saturated carbocycles. The van der Waals surface area contributed by atoms with Crippen LogP contribution in [-0.4, -0.2) is 19.9 Å². The van der Waals surface area contributed by atoms with Crippen LogP contribution in [0.15, 0.2) is 12.3 Å². The zero-order valence-electron chi connectivity index (χ0n) is 7.87. The molecule has 0 aliphatic heterocycles. The van der Waals surface area contributed by atoms with Gasteiger partial charge in [-0.25, -0.2) is 15.0 Å². The van der Waals surface area contributed by atoms with E-state index in [1.165, 1.54) is 0 Å². The minimum atomic E-state index is 0.418. The van der Waals surface area contributed by atoms with Crippen molar-refractivity contribution in [1.29, 1.82) is 0 Å². The van der Waals surface area contributed by atoms with Crippen molar-refractivity contribution in [2.45, 2.75) is 13.8 Å². The van der Waals surface area contributed by atoms with E-state index < -0.39 is 0 Å². The Morgan fingerprint density at radius 2 is 2.07 bits per heavy atom. The van der Waals surface area contributed by atoms with Crippen molar-refractivity contribution in [2.24, 2.45) is 0 Å². The van der Waals surface area contributed by atoms with Gasteiger partial charge in [-0.1, -0.05) is 11.6 Å². The Bertz CT molecular complexity index is 444. The molecule has 0 spiro atoms. The average molecular weight is 209 g/mol. The third kappa shape index (κ3) is 1.61. The highest BCUT2D eigenvalue weighted by Gasteiger charge is 2.07. The third-order valence-corrected chi connectivity index (χ3v) is 2.17. The number of H-pyrrole nitrogens is 1. The van der Waals surface area contributed by atoms with Crippen molar-refractivity contribution in [2.75, 3.05) is 0 Å². The van der Waals surface area contributed by atoms with Gasteiger partial charge in [0, 0.05) is 11.9 Å². The Balaban J connectivity index is 2.49. The lowest BCUT2D eigenvalue weighted by Gasteiger charge is -1.94. The van der Waals surface area contributed by atoms with Crippen LogP contribution in [0.5, 0.6) is 0 Å². The highest BCUT2D eigenvalue weighted by Crippen LogP contribution is 2.14. The van der Waals surface area contributed by atoms with Crippen molar-refractivity contribution >= 4 is 11.6 Å². The van der Waals surface area contributed by atoms with Gasteiger partial charge in [-0.2, -0.15) is 0 Å². The molecule has 2 aromatic heterocycles. The van der Waals surface area contributed by atoms with E-state index in [2.05, 4.69) is 19.9 Å². The number of hydrogen-bond acceptors (Lipinski definition) is 3. The van der Waals surface area contributed by atoms with E-state index >= 15 is 0 Å². The highest BCUT2D eigenvalue weighted by atomic mass is 35.5. The van der Waals surface area contributed by atoms with Gasteiger partial charge < -0.3 is 4.98 Å². The topological polar surface area (TPSA) is 54.5 Å². The Morgan fingerprint density at radius 1 is 1.29 bits per heavy atom. The summed E-state index contributed by atoms with van der Waals surface area (Å²) in [6.07, 6.45) is 1.61. The van der Waals surface area contributed by atoms with Crippen LogP contribution in [0.25, 0.3) is 11.6 Å². The van der Waals surface area contributed by atoms with Crippen LogP contribution in [0.1, 0.15) is 11.4 Å². The molecule has 14 heavy (non-hydrogen) atoms. The first kappa shape index (κ1) is 9.15. The van der Waals surface area contributed by atoms with E-state index in [-0.39, 0.29) is 0 Å². The van der Waals surface area contributed by atoms with Crippen LogP contribution in [0, 0.1) is 13.8 Å². The number of aromatic nitrogens is 4. The molecule has 0 fully saturated rings. The van der Waals surface area contributed by atoms with Gasteiger partial charge in [-0.3, -0.25) is 0 Å². The number of halogens is 1. The van der Waals surface area contributed by atoms with E-state index in [0.717, 1.165) is 11.4 Å². The smallest absolute Gasteiger partial charge is 0.197 e. The number of hydrogen-bond donors (Lipinski definition) is 1. The van der Waals surface area contributed by atoms with Crippen molar-refractivity contribution in [3.63, 3.8) is 0 Å². The summed E-state index contributed by atoms with van der Waals surface area (Å²) in [5.41, 5.74) is 1.96. The summed E-state index contributed by atoms with van der Waals surface area (Å²) in [7, 11) is 0. The molecule has 0 unspecified atom stereocenters. The summed E-state index contributed by atoms with van der Waals surface area (Å²) >= 11 is 5.75. The van der Waals surface area contributed by atoms with Crippen molar-refractivity contribution in [3.05, 3.63) is 28.8 Å². The molecule has 0 radical (unpaired) electrons. The van der Waals surface area contributed by atoms with Crippen LogP contribution < -0.4 is 0 Å². The van der Waals surface area contributed by atoms with Crippen molar-refractivity contribution in [3.8, 4) is 11.6 Å². The molecule has 4 nitrogen and oxygen atoms in total. The summed E-state index contributed by atoms with van der Waals surface area (Å²) in [4.78, 5) is 15.5. The molecule has 2 heterocycles. The molecule has 0 amide bonds. The number of aryl methyl sites for hydroxylation is 2. The van der Waals surface area contributed by atoms with Gasteiger partial charge in [0.15, 0.2) is 11.6 Å². The minimum absolute atomic E-state index is 0.418. The second-order valence-electron chi connectivity index (χ2n) is 3.00. The Kier molecular flexibility index (Phi) is 2.21. The summed E-state index contributed by atoms with van der Waals surface area (Å²) in [6.45, 7) is 3.89.